The SMILES string of the molecule is COC(=O)c1cn(-c2nc(N)c3ncn(C4OC(COS(=O)(=O)NC(=O)c5ccccc5O)C(O)C4O)c3n2)nn1. The summed E-state index contributed by atoms with van der Waals surface area (Å²) < 4.78 is 43.5. The van der Waals surface area contributed by atoms with E-state index in [-0.39, 0.29) is 34.2 Å². The van der Waals surface area contributed by atoms with Crippen LogP contribution in [0.2, 0.25) is 0 Å². The van der Waals surface area contributed by atoms with Gasteiger partial charge in [0.05, 0.1) is 31.8 Å². The van der Waals surface area contributed by atoms with E-state index in [4.69, 9.17) is 14.7 Å². The number of carbonyl (C=O) groups is 2. The van der Waals surface area contributed by atoms with Crippen LogP contribution in [0.4, 0.5) is 5.82 Å². The number of carbonyl (C=O) groups excluding carboxylic acids is 2. The number of amides is 1. The van der Waals surface area contributed by atoms with E-state index in [1.165, 1.54) is 48.5 Å². The first-order valence-electron chi connectivity index (χ1n) is 11.5. The number of esters is 1. The number of nitrogens with zero attached hydrogens (tertiary/aromatic N) is 7. The smallest absolute Gasteiger partial charge is 0.362 e. The van der Waals surface area contributed by atoms with E-state index in [0.717, 1.165) is 4.68 Å². The summed E-state index contributed by atoms with van der Waals surface area (Å²) in [5.74, 6) is -2.58. The number of methoxy groups -OCH3 is 1. The minimum absolute atomic E-state index is 0.0305. The fourth-order valence-corrected chi connectivity index (χ4v) is 4.60. The second-order valence-corrected chi connectivity index (χ2v) is 9.85. The minimum Gasteiger partial charge on any atom is -0.507 e. The monoisotopic (exact) mass is 591 g/mol. The molecule has 6 N–H and O–H groups in total. The van der Waals surface area contributed by atoms with Crippen molar-refractivity contribution < 1.29 is 47.0 Å². The van der Waals surface area contributed by atoms with E-state index in [1.807, 2.05) is 0 Å². The normalized spacial score (nSPS) is 20.8. The van der Waals surface area contributed by atoms with E-state index < -0.39 is 59.1 Å². The van der Waals surface area contributed by atoms with Crippen LogP contribution in [0, 0.1) is 0 Å². The van der Waals surface area contributed by atoms with Gasteiger partial charge in [0.2, 0.25) is 0 Å². The van der Waals surface area contributed by atoms with Gasteiger partial charge in [-0.3, -0.25) is 13.5 Å². The number of benzene rings is 1. The first-order chi connectivity index (χ1) is 19.5. The van der Waals surface area contributed by atoms with Crippen LogP contribution in [-0.2, 0) is 24.0 Å². The average molecular weight is 592 g/mol. The number of nitrogens with two attached hydrogens (primary N) is 1. The van der Waals surface area contributed by atoms with Crippen molar-refractivity contribution in [2.75, 3.05) is 19.5 Å². The number of para-hydroxylation sites is 1. The number of rotatable bonds is 8. The van der Waals surface area contributed by atoms with Gasteiger partial charge in [0.15, 0.2) is 23.4 Å². The molecule has 4 aromatic rings. The van der Waals surface area contributed by atoms with E-state index >= 15 is 0 Å². The number of phenols is 1. The molecule has 41 heavy (non-hydrogen) atoms. The third-order valence-corrected chi connectivity index (χ3v) is 6.78. The van der Waals surface area contributed by atoms with Crippen molar-refractivity contribution >= 4 is 39.2 Å². The predicted molar refractivity (Wildman–Crippen MR) is 132 cm³/mol. The van der Waals surface area contributed by atoms with E-state index in [2.05, 4.69) is 30.0 Å². The predicted octanol–water partition coefficient (Wildman–Crippen LogP) is -2.21. The molecular formula is C21H21N9O10S. The highest BCUT2D eigenvalue weighted by Crippen LogP contribution is 2.32. The van der Waals surface area contributed by atoms with Crippen molar-refractivity contribution in [3.05, 3.63) is 48.0 Å². The van der Waals surface area contributed by atoms with Gasteiger partial charge in [0.1, 0.15) is 29.6 Å². The van der Waals surface area contributed by atoms with Crippen molar-refractivity contribution in [2.45, 2.75) is 24.5 Å². The van der Waals surface area contributed by atoms with Crippen LogP contribution in [0.15, 0.2) is 36.8 Å². The molecule has 0 spiro atoms. The molecule has 216 valence electrons. The molecule has 0 bridgehead atoms. The summed E-state index contributed by atoms with van der Waals surface area (Å²) in [4.78, 5) is 36.4. The standard InChI is InChI=1S/C21H21N9O10S/c1-38-20(35)10-6-30(28-26-10)21-24-16(22)13-17(25-21)29(8-23-13)19-15(33)14(32)12(40-19)7-39-41(36,37)27-18(34)9-4-2-3-5-11(9)31/h2-6,8,12,14-15,19,31-33H,7H2,1H3,(H,27,34)(H2,22,24,25). The summed E-state index contributed by atoms with van der Waals surface area (Å²) in [5.41, 5.74) is 5.69. The fourth-order valence-electron chi connectivity index (χ4n) is 3.89. The zero-order valence-corrected chi connectivity index (χ0v) is 21.6. The third-order valence-electron chi connectivity index (χ3n) is 5.89. The van der Waals surface area contributed by atoms with Crippen LogP contribution in [0.5, 0.6) is 5.75 Å². The first-order valence-corrected chi connectivity index (χ1v) is 12.9. The van der Waals surface area contributed by atoms with Gasteiger partial charge in [-0.25, -0.2) is 14.5 Å². The number of phenolic OH excluding ortho intramolecular Hbond substituents is 1. The number of nitrogens with one attached hydrogen (secondary N) is 1. The molecule has 0 aliphatic carbocycles. The van der Waals surface area contributed by atoms with Crippen LogP contribution >= 0.6 is 0 Å². The molecule has 4 atom stereocenters. The minimum atomic E-state index is -4.72. The van der Waals surface area contributed by atoms with Crippen LogP contribution in [0.1, 0.15) is 27.1 Å². The number of anilines is 1. The largest absolute Gasteiger partial charge is 0.507 e. The molecule has 4 heterocycles. The zero-order chi connectivity index (χ0) is 29.5. The highest BCUT2D eigenvalue weighted by atomic mass is 32.2. The highest BCUT2D eigenvalue weighted by Gasteiger charge is 2.45. The lowest BCUT2D eigenvalue weighted by Crippen LogP contribution is -2.37. The summed E-state index contributed by atoms with van der Waals surface area (Å²) in [6, 6.07) is 5.25. The Kier molecular flexibility index (Phi) is 7.23. The highest BCUT2D eigenvalue weighted by molar-refractivity contribution is 7.85. The second kappa shape index (κ2) is 10.7. The summed E-state index contributed by atoms with van der Waals surface area (Å²) in [6.45, 7) is -0.803. The molecule has 19 nitrogen and oxygen atoms in total. The summed E-state index contributed by atoms with van der Waals surface area (Å²) in [5, 5.41) is 38.4. The number of nitrogen functional groups attached to an aromatic ring is 1. The second-order valence-electron chi connectivity index (χ2n) is 8.51. The number of aromatic hydroxyl groups is 1. The molecule has 1 aliphatic heterocycles. The van der Waals surface area contributed by atoms with Gasteiger partial charge < -0.3 is 30.5 Å². The lowest BCUT2D eigenvalue weighted by Gasteiger charge is -2.16. The topological polar surface area (TPSA) is 269 Å². The summed E-state index contributed by atoms with van der Waals surface area (Å²) in [6.07, 6.45) is -3.58. The number of aliphatic hydroxyl groups is 2. The maximum atomic E-state index is 12.3. The molecule has 0 radical (unpaired) electrons. The van der Waals surface area contributed by atoms with E-state index in [9.17, 15) is 33.3 Å². The van der Waals surface area contributed by atoms with Gasteiger partial charge in [-0.2, -0.15) is 23.1 Å². The van der Waals surface area contributed by atoms with Crippen molar-refractivity contribution in [3.8, 4) is 11.7 Å². The Bertz CT molecular complexity index is 1740. The number of fused-ring (bicyclic) bond motifs is 1. The average Bonchev–Trinajstić information content (AvgIpc) is 3.66. The lowest BCUT2D eigenvalue weighted by molar-refractivity contribution is -0.0468. The third kappa shape index (κ3) is 5.36. The van der Waals surface area contributed by atoms with Gasteiger partial charge in [-0.05, 0) is 12.1 Å². The van der Waals surface area contributed by atoms with E-state index in [0.29, 0.717) is 0 Å². The molecule has 1 saturated heterocycles. The number of imidazole rings is 1. The number of aromatic nitrogens is 7. The molecule has 1 amide bonds. The maximum absolute atomic E-state index is 12.3. The van der Waals surface area contributed by atoms with Crippen LogP contribution < -0.4 is 10.5 Å². The zero-order valence-electron chi connectivity index (χ0n) is 20.8. The molecule has 4 unspecified atom stereocenters. The van der Waals surface area contributed by atoms with Crippen molar-refractivity contribution in [2.24, 2.45) is 0 Å². The van der Waals surface area contributed by atoms with Gasteiger partial charge in [0, 0.05) is 0 Å². The molecule has 0 saturated carbocycles. The molecule has 1 fully saturated rings. The van der Waals surface area contributed by atoms with Crippen LogP contribution in [0.3, 0.4) is 0 Å². The van der Waals surface area contributed by atoms with Crippen LogP contribution in [0.25, 0.3) is 17.1 Å². The van der Waals surface area contributed by atoms with Crippen LogP contribution in [-0.4, -0.2) is 102 Å². The van der Waals surface area contributed by atoms with Gasteiger partial charge >= 0.3 is 16.3 Å². The quantitative estimate of drug-likeness (QED) is 0.136. The van der Waals surface area contributed by atoms with Crippen molar-refractivity contribution in [1.29, 1.82) is 0 Å². The summed E-state index contributed by atoms with van der Waals surface area (Å²) in [7, 11) is -3.55. The van der Waals surface area contributed by atoms with Crippen molar-refractivity contribution in [1.82, 2.24) is 39.2 Å². The fraction of sp³-hybridized carbons (Fsp3) is 0.286. The maximum Gasteiger partial charge on any atom is 0.362 e. The molecule has 20 heteroatoms. The van der Waals surface area contributed by atoms with Gasteiger partial charge in [-0.1, -0.05) is 17.3 Å². The molecular weight excluding hydrogens is 570 g/mol. The number of ether oxygens (including phenoxy) is 2. The molecule has 5 rings (SSSR count). The Balaban J connectivity index is 1.33. The van der Waals surface area contributed by atoms with Gasteiger partial charge in [-0.15, -0.1) is 5.10 Å². The molecule has 3 aromatic heterocycles. The Hall–Kier alpha value is -4.76. The first kappa shape index (κ1) is 27.8. The number of hydrogen-bond donors (Lipinski definition) is 5. The summed E-state index contributed by atoms with van der Waals surface area (Å²) >= 11 is 0. The Morgan fingerprint density at radius 1 is 1.20 bits per heavy atom. The number of aliphatic hydroxyl groups excluding tert-OH is 2. The number of hydrogen-bond acceptors (Lipinski definition) is 16. The Labute approximate surface area is 229 Å². The van der Waals surface area contributed by atoms with Crippen molar-refractivity contribution in [3.63, 3.8) is 0 Å². The molecule has 1 aromatic carbocycles. The molecule has 1 aliphatic rings. The lowest BCUT2D eigenvalue weighted by atomic mass is 10.1. The Morgan fingerprint density at radius 3 is 2.68 bits per heavy atom. The van der Waals surface area contributed by atoms with E-state index in [1.54, 1.807) is 4.72 Å². The Morgan fingerprint density at radius 2 is 1.95 bits per heavy atom. The van der Waals surface area contributed by atoms with Gasteiger partial charge in [0.25, 0.3) is 11.9 Å².